The molecular formula is C13H12ClNOS. The zero-order valence-electron chi connectivity index (χ0n) is 9.37. The van der Waals surface area contributed by atoms with Gasteiger partial charge in [-0.05, 0) is 36.8 Å². The lowest BCUT2D eigenvalue weighted by Gasteiger charge is -2.02. The molecule has 1 aromatic heterocycles. The molecule has 0 aliphatic rings. The van der Waals surface area contributed by atoms with E-state index in [1.165, 1.54) is 16.2 Å². The monoisotopic (exact) mass is 265 g/mol. The molecule has 0 saturated heterocycles. The fraction of sp³-hybridized carbons (Fsp3) is 0.154. The highest BCUT2D eigenvalue weighted by Crippen LogP contribution is 2.25. The number of nitrogens with two attached hydrogens (primary N) is 1. The average Bonchev–Trinajstić information content (AvgIpc) is 2.80. The van der Waals surface area contributed by atoms with E-state index >= 15 is 0 Å². The van der Waals surface area contributed by atoms with Gasteiger partial charge in [0.15, 0.2) is 0 Å². The van der Waals surface area contributed by atoms with Crippen LogP contribution in [-0.4, -0.2) is 5.78 Å². The van der Waals surface area contributed by atoms with Crippen molar-refractivity contribution in [2.75, 3.05) is 5.73 Å². The summed E-state index contributed by atoms with van der Waals surface area (Å²) in [6.45, 7) is 2.06. The van der Waals surface area contributed by atoms with Crippen LogP contribution in [0.1, 0.15) is 27.0 Å². The van der Waals surface area contributed by atoms with Gasteiger partial charge in [0, 0.05) is 16.1 Å². The van der Waals surface area contributed by atoms with Crippen molar-refractivity contribution < 1.29 is 4.79 Å². The third-order valence-electron chi connectivity index (χ3n) is 2.47. The predicted molar refractivity (Wildman–Crippen MR) is 73.0 cm³/mol. The summed E-state index contributed by atoms with van der Waals surface area (Å²) in [7, 11) is 0. The number of benzene rings is 1. The number of hydrogen-bond acceptors (Lipinski definition) is 3. The summed E-state index contributed by atoms with van der Waals surface area (Å²) in [4.78, 5) is 14.1. The average molecular weight is 266 g/mol. The van der Waals surface area contributed by atoms with Crippen LogP contribution in [0.4, 0.5) is 5.69 Å². The van der Waals surface area contributed by atoms with Crippen molar-refractivity contribution >= 4 is 34.4 Å². The summed E-state index contributed by atoms with van der Waals surface area (Å²) in [5, 5.41) is 0.440. The van der Waals surface area contributed by atoms with Crippen molar-refractivity contribution in [3.05, 3.63) is 50.7 Å². The normalized spacial score (nSPS) is 10.5. The highest BCUT2D eigenvalue weighted by molar-refractivity contribution is 7.14. The Morgan fingerprint density at radius 3 is 2.76 bits per heavy atom. The van der Waals surface area contributed by atoms with Gasteiger partial charge in [0.05, 0.1) is 9.90 Å². The van der Waals surface area contributed by atoms with Gasteiger partial charge in [-0.2, -0.15) is 0 Å². The largest absolute Gasteiger partial charge is 0.399 e. The number of aryl methyl sites for hydroxylation is 1. The molecule has 1 heterocycles. The summed E-state index contributed by atoms with van der Waals surface area (Å²) < 4.78 is 0. The van der Waals surface area contributed by atoms with E-state index in [0.717, 1.165) is 6.42 Å². The zero-order chi connectivity index (χ0) is 12.4. The molecule has 88 valence electrons. The minimum Gasteiger partial charge on any atom is -0.399 e. The molecule has 1 aromatic carbocycles. The Kier molecular flexibility index (Phi) is 3.50. The van der Waals surface area contributed by atoms with Crippen LogP contribution in [0, 0.1) is 0 Å². The van der Waals surface area contributed by atoms with Gasteiger partial charge in [-0.15, -0.1) is 11.3 Å². The number of anilines is 1. The molecule has 2 aromatic rings. The molecule has 0 aliphatic heterocycles. The van der Waals surface area contributed by atoms with Crippen molar-refractivity contribution in [1.82, 2.24) is 0 Å². The molecule has 2 nitrogen and oxygen atoms in total. The van der Waals surface area contributed by atoms with Crippen LogP contribution in [0.3, 0.4) is 0 Å². The molecule has 0 spiro atoms. The number of thiophene rings is 1. The summed E-state index contributed by atoms with van der Waals surface area (Å²) in [6, 6.07) is 8.77. The number of ketones is 1. The molecule has 0 amide bonds. The molecular weight excluding hydrogens is 254 g/mol. The maximum absolute atomic E-state index is 12.2. The van der Waals surface area contributed by atoms with Gasteiger partial charge >= 0.3 is 0 Å². The Morgan fingerprint density at radius 1 is 1.35 bits per heavy atom. The van der Waals surface area contributed by atoms with Crippen molar-refractivity contribution in [1.29, 1.82) is 0 Å². The molecule has 0 radical (unpaired) electrons. The Morgan fingerprint density at radius 2 is 2.12 bits per heavy atom. The lowest BCUT2D eigenvalue weighted by atomic mass is 10.1. The number of halogens is 1. The third-order valence-corrected chi connectivity index (χ3v) is 4.03. The zero-order valence-corrected chi connectivity index (χ0v) is 10.9. The van der Waals surface area contributed by atoms with Gasteiger partial charge in [0.25, 0.3) is 0 Å². The highest BCUT2D eigenvalue weighted by atomic mass is 35.5. The van der Waals surface area contributed by atoms with E-state index in [-0.39, 0.29) is 5.78 Å². The smallest absolute Gasteiger partial charge is 0.204 e. The van der Waals surface area contributed by atoms with Crippen molar-refractivity contribution in [2.45, 2.75) is 13.3 Å². The minimum atomic E-state index is -0.0630. The van der Waals surface area contributed by atoms with Crippen LogP contribution in [0.5, 0.6) is 0 Å². The number of carbonyl (C=O) groups is 1. The molecule has 0 aliphatic carbocycles. The molecule has 4 heteroatoms. The number of rotatable bonds is 3. The second-order valence-corrected chi connectivity index (χ2v) is 5.26. The van der Waals surface area contributed by atoms with Crippen LogP contribution in [0.25, 0.3) is 0 Å². The predicted octanol–water partition coefficient (Wildman–Crippen LogP) is 3.78. The summed E-state index contributed by atoms with van der Waals surface area (Å²) in [6.07, 6.45) is 0.933. The van der Waals surface area contributed by atoms with E-state index in [4.69, 9.17) is 17.3 Å². The molecule has 2 N–H and O–H groups in total. The number of carbonyl (C=O) groups excluding carboxylic acids is 1. The summed E-state index contributed by atoms with van der Waals surface area (Å²) >= 11 is 7.51. The van der Waals surface area contributed by atoms with Crippen LogP contribution in [-0.2, 0) is 6.42 Å². The third kappa shape index (κ3) is 2.51. The summed E-state index contributed by atoms with van der Waals surface area (Å²) in [5.74, 6) is -0.0630. The first-order chi connectivity index (χ1) is 8.11. The van der Waals surface area contributed by atoms with Crippen LogP contribution in [0.15, 0.2) is 30.3 Å². The molecule has 0 bridgehead atoms. The topological polar surface area (TPSA) is 43.1 Å². The van der Waals surface area contributed by atoms with Crippen molar-refractivity contribution in [3.63, 3.8) is 0 Å². The molecule has 0 saturated carbocycles. The van der Waals surface area contributed by atoms with E-state index in [1.807, 2.05) is 12.1 Å². The van der Waals surface area contributed by atoms with Gasteiger partial charge < -0.3 is 5.73 Å². The Bertz CT molecular complexity index is 562. The minimum absolute atomic E-state index is 0.0630. The molecule has 17 heavy (non-hydrogen) atoms. The first-order valence-corrected chi connectivity index (χ1v) is 6.49. The number of nitrogen functional groups attached to an aromatic ring is 1. The maximum Gasteiger partial charge on any atom is 0.204 e. The van der Waals surface area contributed by atoms with Gasteiger partial charge in [0.2, 0.25) is 5.78 Å². The lowest BCUT2D eigenvalue weighted by molar-refractivity contribution is 0.104. The first kappa shape index (κ1) is 12.1. The Balaban J connectivity index is 2.39. The van der Waals surface area contributed by atoms with Crippen LogP contribution < -0.4 is 5.73 Å². The SMILES string of the molecule is CCc1ccc(C(=O)c2cc(N)ccc2Cl)s1. The van der Waals surface area contributed by atoms with E-state index in [9.17, 15) is 4.79 Å². The number of hydrogen-bond donors (Lipinski definition) is 1. The molecule has 0 atom stereocenters. The quantitative estimate of drug-likeness (QED) is 0.678. The van der Waals surface area contributed by atoms with Crippen LogP contribution in [0.2, 0.25) is 5.02 Å². The van der Waals surface area contributed by atoms with E-state index in [0.29, 0.717) is 21.2 Å². The van der Waals surface area contributed by atoms with E-state index < -0.39 is 0 Å². The standard InChI is InChI=1S/C13H12ClNOS/c1-2-9-4-6-12(17-9)13(16)10-7-8(15)3-5-11(10)14/h3-7H,2,15H2,1H3. The van der Waals surface area contributed by atoms with Gasteiger partial charge in [-0.1, -0.05) is 18.5 Å². The lowest BCUT2D eigenvalue weighted by Crippen LogP contribution is -2.00. The highest BCUT2D eigenvalue weighted by Gasteiger charge is 2.15. The van der Waals surface area contributed by atoms with Crippen LogP contribution >= 0.6 is 22.9 Å². The Labute approximate surface area is 109 Å². The summed E-state index contributed by atoms with van der Waals surface area (Å²) in [5.41, 5.74) is 6.68. The van der Waals surface area contributed by atoms with E-state index in [2.05, 4.69) is 6.92 Å². The second-order valence-electron chi connectivity index (χ2n) is 3.69. The van der Waals surface area contributed by atoms with Gasteiger partial charge in [0.1, 0.15) is 0 Å². The van der Waals surface area contributed by atoms with E-state index in [1.54, 1.807) is 18.2 Å². The molecule has 0 unspecified atom stereocenters. The van der Waals surface area contributed by atoms with Crippen molar-refractivity contribution in [2.24, 2.45) is 0 Å². The fourth-order valence-electron chi connectivity index (χ4n) is 1.54. The fourth-order valence-corrected chi connectivity index (χ4v) is 2.64. The van der Waals surface area contributed by atoms with Gasteiger partial charge in [-0.25, -0.2) is 0 Å². The maximum atomic E-state index is 12.2. The first-order valence-electron chi connectivity index (χ1n) is 5.30. The molecule has 0 fully saturated rings. The molecule has 2 rings (SSSR count). The van der Waals surface area contributed by atoms with Crippen molar-refractivity contribution in [3.8, 4) is 0 Å². The second kappa shape index (κ2) is 4.90. The van der Waals surface area contributed by atoms with Gasteiger partial charge in [-0.3, -0.25) is 4.79 Å². The Hall–Kier alpha value is -1.32.